The first-order valence-electron chi connectivity index (χ1n) is 4.67. The Kier molecular flexibility index (Phi) is 4.58. The van der Waals surface area contributed by atoms with Gasteiger partial charge in [-0.05, 0) is 0 Å². The average Bonchev–Trinajstić information content (AvgIpc) is 2.13. The Hall–Kier alpha value is -1.28. The minimum absolute atomic E-state index is 0.311. The minimum atomic E-state index is -4.61. The third kappa shape index (κ3) is 4.19. The summed E-state index contributed by atoms with van der Waals surface area (Å²) in [6, 6.07) is 0.622. The van der Waals surface area contributed by atoms with Crippen LogP contribution in [0.2, 0.25) is 0 Å². The highest BCUT2D eigenvalue weighted by Crippen LogP contribution is 2.23. The molecule has 102 valence electrons. The molecule has 18 heavy (non-hydrogen) atoms. The van der Waals surface area contributed by atoms with E-state index >= 15 is 0 Å². The molecular weight excluding hydrogens is 266 g/mol. The molecule has 1 aromatic rings. The highest BCUT2D eigenvalue weighted by atomic mass is 19.4. The summed E-state index contributed by atoms with van der Waals surface area (Å²) in [4.78, 5) is 0. The third-order valence-electron chi connectivity index (χ3n) is 1.92. The van der Waals surface area contributed by atoms with Crippen LogP contribution in [0.25, 0.3) is 0 Å². The second-order valence-electron chi connectivity index (χ2n) is 3.43. The van der Waals surface area contributed by atoms with Crippen LogP contribution < -0.4 is 0 Å². The molecule has 0 aliphatic rings. The van der Waals surface area contributed by atoms with E-state index in [1.165, 1.54) is 0 Å². The van der Waals surface area contributed by atoms with E-state index in [2.05, 4.69) is 4.74 Å². The van der Waals surface area contributed by atoms with E-state index in [0.29, 0.717) is 12.1 Å². The molecule has 0 saturated heterocycles. The Morgan fingerprint density at radius 1 is 1.11 bits per heavy atom. The maximum Gasteiger partial charge on any atom is 0.411 e. The van der Waals surface area contributed by atoms with Gasteiger partial charge < -0.3 is 9.84 Å². The van der Waals surface area contributed by atoms with Crippen LogP contribution in [0, 0.1) is 17.5 Å². The number of halogens is 6. The minimum Gasteiger partial charge on any atom is -0.386 e. The summed E-state index contributed by atoms with van der Waals surface area (Å²) < 4.78 is 77.9. The highest BCUT2D eigenvalue weighted by Gasteiger charge is 2.28. The predicted molar refractivity (Wildman–Crippen MR) is 48.1 cm³/mol. The van der Waals surface area contributed by atoms with Gasteiger partial charge in [-0.3, -0.25) is 0 Å². The molecule has 1 unspecified atom stereocenters. The number of alkyl halides is 3. The molecule has 0 fully saturated rings. The molecule has 2 nitrogen and oxygen atoms in total. The molecule has 8 heteroatoms. The Morgan fingerprint density at radius 3 is 2.06 bits per heavy atom. The lowest BCUT2D eigenvalue weighted by atomic mass is 10.1. The van der Waals surface area contributed by atoms with Gasteiger partial charge in [0, 0.05) is 12.1 Å². The van der Waals surface area contributed by atoms with Gasteiger partial charge in [0.1, 0.15) is 30.2 Å². The molecule has 0 spiro atoms. The molecular formula is C10H8F6O2. The molecule has 0 aromatic heterocycles. The Bertz CT molecular complexity index is 394. The van der Waals surface area contributed by atoms with E-state index in [4.69, 9.17) is 0 Å². The van der Waals surface area contributed by atoms with E-state index in [1.54, 1.807) is 0 Å². The summed E-state index contributed by atoms with van der Waals surface area (Å²) in [5.74, 6) is -3.98. The molecule has 1 atom stereocenters. The monoisotopic (exact) mass is 274 g/mol. The standard InChI is InChI=1S/C10H8F6O2/c11-5-1-6(12)9(7(13)2-5)8(17)3-18-4-10(14,15)16/h1-2,8,17H,3-4H2. The van der Waals surface area contributed by atoms with Crippen LogP contribution in [0.4, 0.5) is 26.3 Å². The van der Waals surface area contributed by atoms with Crippen LogP contribution in [0.5, 0.6) is 0 Å². The summed E-state index contributed by atoms with van der Waals surface area (Å²) in [5.41, 5.74) is -0.932. The summed E-state index contributed by atoms with van der Waals surface area (Å²) in [5, 5.41) is 9.28. The van der Waals surface area contributed by atoms with E-state index in [1.807, 2.05) is 0 Å². The molecule has 0 amide bonds. The number of benzene rings is 1. The smallest absolute Gasteiger partial charge is 0.386 e. The fraction of sp³-hybridized carbons (Fsp3) is 0.400. The van der Waals surface area contributed by atoms with Crippen LogP contribution in [0.15, 0.2) is 12.1 Å². The van der Waals surface area contributed by atoms with Gasteiger partial charge in [-0.1, -0.05) is 0 Å². The number of rotatable bonds is 4. The van der Waals surface area contributed by atoms with Crippen LogP contribution in [0.1, 0.15) is 11.7 Å². The second-order valence-corrected chi connectivity index (χ2v) is 3.43. The molecule has 1 N–H and O–H groups in total. The van der Waals surface area contributed by atoms with Crippen LogP contribution in [-0.4, -0.2) is 24.5 Å². The van der Waals surface area contributed by atoms with Crippen molar-refractivity contribution in [1.82, 2.24) is 0 Å². The second kappa shape index (κ2) is 5.57. The van der Waals surface area contributed by atoms with Crippen molar-refractivity contribution in [2.45, 2.75) is 12.3 Å². The molecule has 1 rings (SSSR count). The fourth-order valence-corrected chi connectivity index (χ4v) is 1.24. The number of hydrogen-bond donors (Lipinski definition) is 1. The summed E-state index contributed by atoms with van der Waals surface area (Å²) in [7, 11) is 0. The zero-order chi connectivity index (χ0) is 13.9. The largest absolute Gasteiger partial charge is 0.411 e. The van der Waals surface area contributed by atoms with Crippen molar-refractivity contribution in [1.29, 1.82) is 0 Å². The van der Waals surface area contributed by atoms with Crippen molar-refractivity contribution in [2.75, 3.05) is 13.2 Å². The van der Waals surface area contributed by atoms with E-state index in [-0.39, 0.29) is 0 Å². The van der Waals surface area contributed by atoms with Gasteiger partial charge in [0.2, 0.25) is 0 Å². The summed E-state index contributed by atoms with van der Waals surface area (Å²) >= 11 is 0. The lowest BCUT2D eigenvalue weighted by Crippen LogP contribution is -2.20. The fourth-order valence-electron chi connectivity index (χ4n) is 1.24. The Labute approximate surface area is 97.8 Å². The first kappa shape index (κ1) is 14.8. The number of hydrogen-bond acceptors (Lipinski definition) is 2. The SMILES string of the molecule is OC(COCC(F)(F)F)c1c(F)cc(F)cc1F. The third-order valence-corrected chi connectivity index (χ3v) is 1.92. The average molecular weight is 274 g/mol. The summed E-state index contributed by atoms with van der Waals surface area (Å²) in [6.45, 7) is -2.62. The first-order valence-corrected chi connectivity index (χ1v) is 4.67. The van der Waals surface area contributed by atoms with Crippen LogP contribution >= 0.6 is 0 Å². The molecule has 0 bridgehead atoms. The van der Waals surface area contributed by atoms with Gasteiger partial charge in [0.15, 0.2) is 0 Å². The normalized spacial score (nSPS) is 13.7. The van der Waals surface area contributed by atoms with Crippen LogP contribution in [0.3, 0.4) is 0 Å². The topological polar surface area (TPSA) is 29.5 Å². The number of aliphatic hydroxyl groups excluding tert-OH is 1. The van der Waals surface area contributed by atoms with Crippen molar-refractivity contribution in [3.05, 3.63) is 35.1 Å². The van der Waals surface area contributed by atoms with E-state index in [0.717, 1.165) is 0 Å². The van der Waals surface area contributed by atoms with Gasteiger partial charge in [-0.25, -0.2) is 13.2 Å². The number of aliphatic hydroxyl groups is 1. The lowest BCUT2D eigenvalue weighted by molar-refractivity contribution is -0.179. The lowest BCUT2D eigenvalue weighted by Gasteiger charge is -2.14. The quantitative estimate of drug-likeness (QED) is 0.855. The van der Waals surface area contributed by atoms with Crippen molar-refractivity contribution >= 4 is 0 Å². The Morgan fingerprint density at radius 2 is 1.61 bits per heavy atom. The Balaban J connectivity index is 2.70. The van der Waals surface area contributed by atoms with Gasteiger partial charge in [0.25, 0.3) is 0 Å². The molecule has 0 heterocycles. The van der Waals surface area contributed by atoms with Crippen molar-refractivity contribution in [2.24, 2.45) is 0 Å². The maximum absolute atomic E-state index is 13.1. The van der Waals surface area contributed by atoms with E-state index in [9.17, 15) is 31.4 Å². The predicted octanol–water partition coefficient (Wildman–Crippen LogP) is 2.72. The van der Waals surface area contributed by atoms with Crippen LogP contribution in [-0.2, 0) is 4.74 Å². The van der Waals surface area contributed by atoms with Gasteiger partial charge in [-0.15, -0.1) is 0 Å². The first-order chi connectivity index (χ1) is 8.20. The number of ether oxygens (including phenoxy) is 1. The van der Waals surface area contributed by atoms with Gasteiger partial charge in [0.05, 0.1) is 12.2 Å². The molecule has 0 aliphatic heterocycles. The maximum atomic E-state index is 13.1. The molecule has 0 radical (unpaired) electrons. The van der Waals surface area contributed by atoms with Crippen molar-refractivity contribution in [3.8, 4) is 0 Å². The van der Waals surface area contributed by atoms with Gasteiger partial charge in [-0.2, -0.15) is 13.2 Å². The zero-order valence-electron chi connectivity index (χ0n) is 8.77. The molecule has 0 saturated carbocycles. The molecule has 0 aliphatic carbocycles. The highest BCUT2D eigenvalue weighted by molar-refractivity contribution is 5.23. The van der Waals surface area contributed by atoms with E-state index < -0.39 is 48.5 Å². The zero-order valence-corrected chi connectivity index (χ0v) is 8.77. The van der Waals surface area contributed by atoms with Crippen molar-refractivity contribution in [3.63, 3.8) is 0 Å². The van der Waals surface area contributed by atoms with Crippen molar-refractivity contribution < 1.29 is 36.2 Å². The summed E-state index contributed by atoms with van der Waals surface area (Å²) in [6.07, 6.45) is -6.56. The molecule has 1 aromatic carbocycles. The van der Waals surface area contributed by atoms with Gasteiger partial charge >= 0.3 is 6.18 Å².